The Kier molecular flexibility index (Phi) is 2.96. The molecule has 0 saturated heterocycles. The molecule has 0 radical (unpaired) electrons. The minimum absolute atomic E-state index is 0.323. The van der Waals surface area contributed by atoms with E-state index >= 15 is 0 Å². The maximum Gasteiger partial charge on any atom is 0.314 e. The van der Waals surface area contributed by atoms with Crippen LogP contribution in [-0.4, -0.2) is 22.3 Å². The van der Waals surface area contributed by atoms with Crippen LogP contribution in [0.3, 0.4) is 0 Å². The Labute approximate surface area is 101 Å². The van der Waals surface area contributed by atoms with Crippen molar-refractivity contribution < 1.29 is 15.0 Å². The third kappa shape index (κ3) is 1.95. The summed E-state index contributed by atoms with van der Waals surface area (Å²) in [5.74, 6) is -0.450. The van der Waals surface area contributed by atoms with Crippen LogP contribution >= 0.6 is 0 Å². The van der Waals surface area contributed by atoms with Gasteiger partial charge in [-0.15, -0.1) is 0 Å². The van der Waals surface area contributed by atoms with E-state index in [4.69, 9.17) is 0 Å². The van der Waals surface area contributed by atoms with E-state index in [0.717, 1.165) is 11.1 Å². The van der Waals surface area contributed by atoms with E-state index in [1.807, 2.05) is 24.3 Å². The van der Waals surface area contributed by atoms with Crippen LogP contribution in [0.5, 0.6) is 0 Å². The molecule has 0 unspecified atom stereocenters. The van der Waals surface area contributed by atoms with Crippen LogP contribution in [0.2, 0.25) is 0 Å². The van der Waals surface area contributed by atoms with E-state index in [9.17, 15) is 15.0 Å². The van der Waals surface area contributed by atoms with Crippen molar-refractivity contribution in [2.75, 3.05) is 0 Å². The number of carboxylic acid groups (broad SMARTS) is 1. The second kappa shape index (κ2) is 4.15. The van der Waals surface area contributed by atoms with Crippen LogP contribution in [0.4, 0.5) is 0 Å². The summed E-state index contributed by atoms with van der Waals surface area (Å²) in [6.45, 7) is 4.17. The third-order valence-electron chi connectivity index (χ3n) is 3.68. The summed E-state index contributed by atoms with van der Waals surface area (Å²) in [5, 5.41) is 18.8. The lowest BCUT2D eigenvalue weighted by atomic mass is 9.62. The molecule has 1 aromatic carbocycles. The number of carboxylic acids is 1. The monoisotopic (exact) mass is 234 g/mol. The van der Waals surface area contributed by atoms with Gasteiger partial charge in [0.1, 0.15) is 0 Å². The third-order valence-corrected chi connectivity index (χ3v) is 3.68. The molecule has 92 valence electrons. The topological polar surface area (TPSA) is 57.5 Å². The molecule has 0 amide bonds. The van der Waals surface area contributed by atoms with Gasteiger partial charge in [-0.05, 0) is 29.9 Å². The summed E-state index contributed by atoms with van der Waals surface area (Å²) in [6.07, 6.45) is 0.169. The van der Waals surface area contributed by atoms with Gasteiger partial charge in [-0.2, -0.15) is 0 Å². The fourth-order valence-electron chi connectivity index (χ4n) is 2.47. The molecule has 17 heavy (non-hydrogen) atoms. The van der Waals surface area contributed by atoms with E-state index in [1.54, 1.807) is 0 Å². The van der Waals surface area contributed by atoms with Gasteiger partial charge in [0.2, 0.25) is 0 Å². The smallest absolute Gasteiger partial charge is 0.314 e. The van der Waals surface area contributed by atoms with Gasteiger partial charge in [0, 0.05) is 0 Å². The number of benzene rings is 1. The van der Waals surface area contributed by atoms with Gasteiger partial charge in [0.15, 0.2) is 0 Å². The number of aliphatic hydroxyl groups is 1. The average Bonchev–Trinajstić information content (AvgIpc) is 2.24. The van der Waals surface area contributed by atoms with Crippen LogP contribution in [0.15, 0.2) is 24.3 Å². The van der Waals surface area contributed by atoms with Crippen LogP contribution < -0.4 is 0 Å². The molecular formula is C14H18O3. The molecule has 1 aromatic rings. The van der Waals surface area contributed by atoms with E-state index in [0.29, 0.717) is 18.8 Å². The Bertz CT molecular complexity index is 431. The number of carbonyl (C=O) groups is 1. The van der Waals surface area contributed by atoms with Crippen molar-refractivity contribution >= 4 is 5.97 Å². The van der Waals surface area contributed by atoms with Crippen LogP contribution in [-0.2, 0) is 10.2 Å². The molecule has 0 aromatic heterocycles. The van der Waals surface area contributed by atoms with Gasteiger partial charge in [-0.3, -0.25) is 4.79 Å². The SMILES string of the molecule is CC(C)c1cccc(C2(C(=O)O)CC(O)C2)c1. The van der Waals surface area contributed by atoms with Crippen molar-refractivity contribution in [1.82, 2.24) is 0 Å². The molecule has 3 nitrogen and oxygen atoms in total. The summed E-state index contributed by atoms with van der Waals surface area (Å²) < 4.78 is 0. The van der Waals surface area contributed by atoms with E-state index < -0.39 is 17.5 Å². The highest BCUT2D eigenvalue weighted by atomic mass is 16.4. The van der Waals surface area contributed by atoms with Gasteiger partial charge >= 0.3 is 5.97 Å². The van der Waals surface area contributed by atoms with Crippen LogP contribution in [0.25, 0.3) is 0 Å². The van der Waals surface area contributed by atoms with Crippen LogP contribution in [0.1, 0.15) is 43.7 Å². The minimum atomic E-state index is -0.871. The molecule has 0 atom stereocenters. The van der Waals surface area contributed by atoms with E-state index in [1.165, 1.54) is 0 Å². The first-order valence-electron chi connectivity index (χ1n) is 5.97. The lowest BCUT2D eigenvalue weighted by Gasteiger charge is -2.42. The largest absolute Gasteiger partial charge is 0.481 e. The Morgan fingerprint density at radius 2 is 2.06 bits per heavy atom. The number of aliphatic hydroxyl groups excluding tert-OH is 1. The normalized spacial score (nSPS) is 27.9. The maximum absolute atomic E-state index is 11.4. The number of aliphatic carboxylic acids is 1. The summed E-state index contributed by atoms with van der Waals surface area (Å²) in [6, 6.07) is 7.73. The number of hydrogen-bond donors (Lipinski definition) is 2. The molecule has 0 bridgehead atoms. The van der Waals surface area contributed by atoms with Gasteiger partial charge in [0.05, 0.1) is 11.5 Å². The standard InChI is InChI=1S/C14H18O3/c1-9(2)10-4-3-5-11(6-10)14(13(16)17)7-12(15)8-14/h3-6,9,12,15H,7-8H2,1-2H3,(H,16,17). The van der Waals surface area contributed by atoms with Crippen molar-refractivity contribution in [3.8, 4) is 0 Å². The predicted molar refractivity (Wildman–Crippen MR) is 65.1 cm³/mol. The van der Waals surface area contributed by atoms with E-state index in [-0.39, 0.29) is 0 Å². The fraction of sp³-hybridized carbons (Fsp3) is 0.500. The summed E-state index contributed by atoms with van der Waals surface area (Å²) in [4.78, 5) is 11.4. The maximum atomic E-state index is 11.4. The Balaban J connectivity index is 2.38. The zero-order valence-electron chi connectivity index (χ0n) is 10.2. The second-order valence-electron chi connectivity index (χ2n) is 5.23. The average molecular weight is 234 g/mol. The highest BCUT2D eigenvalue weighted by molar-refractivity contribution is 5.83. The molecule has 1 fully saturated rings. The molecule has 0 spiro atoms. The molecule has 0 heterocycles. The summed E-state index contributed by atoms with van der Waals surface area (Å²) in [7, 11) is 0. The first kappa shape index (κ1) is 12.1. The zero-order chi connectivity index (χ0) is 12.6. The fourth-order valence-corrected chi connectivity index (χ4v) is 2.47. The molecular weight excluding hydrogens is 216 g/mol. The molecule has 2 rings (SSSR count). The predicted octanol–water partition coefficient (Wildman–Crippen LogP) is 2.29. The molecule has 1 saturated carbocycles. The minimum Gasteiger partial charge on any atom is -0.481 e. The Hall–Kier alpha value is -1.35. The molecule has 2 N–H and O–H groups in total. The van der Waals surface area contributed by atoms with Crippen LogP contribution in [0, 0.1) is 0 Å². The van der Waals surface area contributed by atoms with E-state index in [2.05, 4.69) is 13.8 Å². The number of rotatable bonds is 3. The van der Waals surface area contributed by atoms with Gasteiger partial charge in [0.25, 0.3) is 0 Å². The highest BCUT2D eigenvalue weighted by Crippen LogP contribution is 2.44. The lowest BCUT2D eigenvalue weighted by molar-refractivity contribution is -0.152. The summed E-state index contributed by atoms with van der Waals surface area (Å²) in [5.41, 5.74) is 1.09. The molecule has 0 aliphatic heterocycles. The second-order valence-corrected chi connectivity index (χ2v) is 5.23. The van der Waals surface area contributed by atoms with Crippen molar-refractivity contribution in [3.05, 3.63) is 35.4 Å². The van der Waals surface area contributed by atoms with Gasteiger partial charge in [-0.1, -0.05) is 38.1 Å². The first-order chi connectivity index (χ1) is 7.95. The van der Waals surface area contributed by atoms with Gasteiger partial charge in [-0.25, -0.2) is 0 Å². The summed E-state index contributed by atoms with van der Waals surface area (Å²) >= 11 is 0. The number of hydrogen-bond acceptors (Lipinski definition) is 2. The Morgan fingerprint density at radius 1 is 1.41 bits per heavy atom. The first-order valence-corrected chi connectivity index (χ1v) is 5.97. The lowest BCUT2D eigenvalue weighted by Crippen LogP contribution is -2.50. The van der Waals surface area contributed by atoms with Gasteiger partial charge < -0.3 is 10.2 Å². The molecule has 1 aliphatic carbocycles. The van der Waals surface area contributed by atoms with Crippen molar-refractivity contribution in [1.29, 1.82) is 0 Å². The molecule has 1 aliphatic rings. The quantitative estimate of drug-likeness (QED) is 0.843. The molecule has 3 heteroatoms. The Morgan fingerprint density at radius 3 is 2.53 bits per heavy atom. The van der Waals surface area contributed by atoms with Crippen molar-refractivity contribution in [3.63, 3.8) is 0 Å². The highest BCUT2D eigenvalue weighted by Gasteiger charge is 2.51. The zero-order valence-corrected chi connectivity index (χ0v) is 10.2. The van der Waals surface area contributed by atoms with Crippen molar-refractivity contribution in [2.24, 2.45) is 0 Å². The van der Waals surface area contributed by atoms with Crippen molar-refractivity contribution in [2.45, 2.75) is 44.1 Å².